The molecule has 0 amide bonds. The molecule has 0 bridgehead atoms. The third-order valence-corrected chi connectivity index (χ3v) is 1.47. The molecule has 0 rings (SSSR count). The van der Waals surface area contributed by atoms with E-state index < -0.39 is 30.9 Å². The highest BCUT2D eigenvalue weighted by Gasteiger charge is 2.22. The number of aliphatic hydroxyl groups excluding tert-OH is 2. The highest BCUT2D eigenvalue weighted by molar-refractivity contribution is 5.87. The summed E-state index contributed by atoms with van der Waals surface area (Å²) < 4.78 is 8.82. The van der Waals surface area contributed by atoms with Crippen LogP contribution in [-0.2, 0) is 19.1 Å². The molecule has 90 valence electrons. The van der Waals surface area contributed by atoms with Gasteiger partial charge in [-0.3, -0.25) is 0 Å². The third-order valence-electron chi connectivity index (χ3n) is 1.47. The SMILES string of the molecule is C=CC(=O)OCC(O)C(O)OC(=O)C(=C)C. The lowest BCUT2D eigenvalue weighted by molar-refractivity contribution is -0.189. The van der Waals surface area contributed by atoms with E-state index in [2.05, 4.69) is 22.6 Å². The van der Waals surface area contributed by atoms with Crippen molar-refractivity contribution in [1.29, 1.82) is 0 Å². The van der Waals surface area contributed by atoms with Crippen LogP contribution in [0.2, 0.25) is 0 Å². The Labute approximate surface area is 92.8 Å². The summed E-state index contributed by atoms with van der Waals surface area (Å²) in [6.45, 7) is 7.31. The highest BCUT2D eigenvalue weighted by Crippen LogP contribution is 2.01. The van der Waals surface area contributed by atoms with Gasteiger partial charge in [0.1, 0.15) is 6.61 Å². The molecule has 0 aliphatic carbocycles. The molecule has 6 heteroatoms. The van der Waals surface area contributed by atoms with Crippen molar-refractivity contribution in [2.75, 3.05) is 6.61 Å². The standard InChI is InChI=1S/C10H14O6/c1-4-8(12)15-5-7(11)10(14)16-9(13)6(2)3/h4,7,10-11,14H,1-2,5H2,3H3. The molecule has 2 atom stereocenters. The number of esters is 2. The fourth-order valence-electron chi connectivity index (χ4n) is 0.598. The Morgan fingerprint density at radius 2 is 2.00 bits per heavy atom. The van der Waals surface area contributed by atoms with E-state index in [4.69, 9.17) is 0 Å². The van der Waals surface area contributed by atoms with Gasteiger partial charge >= 0.3 is 11.9 Å². The van der Waals surface area contributed by atoms with Crippen molar-refractivity contribution in [2.45, 2.75) is 19.3 Å². The largest absolute Gasteiger partial charge is 0.460 e. The predicted molar refractivity (Wildman–Crippen MR) is 54.1 cm³/mol. The first kappa shape index (κ1) is 14.3. The van der Waals surface area contributed by atoms with Crippen LogP contribution in [0.1, 0.15) is 6.92 Å². The molecule has 0 saturated heterocycles. The molecule has 0 aromatic carbocycles. The topological polar surface area (TPSA) is 93.1 Å². The van der Waals surface area contributed by atoms with Crippen LogP contribution < -0.4 is 0 Å². The molecule has 2 unspecified atom stereocenters. The molecule has 0 saturated carbocycles. The van der Waals surface area contributed by atoms with Crippen LogP contribution in [0.5, 0.6) is 0 Å². The third kappa shape index (κ3) is 5.28. The van der Waals surface area contributed by atoms with E-state index in [0.29, 0.717) is 0 Å². The summed E-state index contributed by atoms with van der Waals surface area (Å²) in [7, 11) is 0. The van der Waals surface area contributed by atoms with Crippen molar-refractivity contribution < 1.29 is 29.3 Å². The van der Waals surface area contributed by atoms with Gasteiger partial charge in [-0.25, -0.2) is 9.59 Å². The summed E-state index contributed by atoms with van der Waals surface area (Å²) in [6.07, 6.45) is -2.40. The van der Waals surface area contributed by atoms with Gasteiger partial charge in [0, 0.05) is 11.6 Å². The zero-order valence-corrected chi connectivity index (χ0v) is 8.88. The molecule has 0 spiro atoms. The van der Waals surface area contributed by atoms with Gasteiger partial charge in [-0.2, -0.15) is 0 Å². The maximum atomic E-state index is 10.9. The van der Waals surface area contributed by atoms with Crippen LogP contribution in [0, 0.1) is 0 Å². The monoisotopic (exact) mass is 230 g/mol. The van der Waals surface area contributed by atoms with Crippen molar-refractivity contribution in [3.63, 3.8) is 0 Å². The number of ether oxygens (including phenoxy) is 2. The van der Waals surface area contributed by atoms with Crippen LogP contribution in [0.4, 0.5) is 0 Å². The Bertz CT molecular complexity index is 296. The zero-order valence-electron chi connectivity index (χ0n) is 8.88. The van der Waals surface area contributed by atoms with E-state index in [1.807, 2.05) is 0 Å². The molecule has 0 radical (unpaired) electrons. The summed E-state index contributed by atoms with van der Waals surface area (Å²) in [5.74, 6) is -1.60. The van der Waals surface area contributed by atoms with E-state index in [1.54, 1.807) is 0 Å². The maximum absolute atomic E-state index is 10.9. The van der Waals surface area contributed by atoms with Crippen LogP contribution in [-0.4, -0.2) is 41.2 Å². The molecule has 2 N–H and O–H groups in total. The van der Waals surface area contributed by atoms with Crippen LogP contribution in [0.15, 0.2) is 24.8 Å². The van der Waals surface area contributed by atoms with E-state index in [-0.39, 0.29) is 5.57 Å². The Morgan fingerprint density at radius 1 is 1.44 bits per heavy atom. The summed E-state index contributed by atoms with van der Waals surface area (Å²) in [5, 5.41) is 18.4. The van der Waals surface area contributed by atoms with Crippen LogP contribution in [0.3, 0.4) is 0 Å². The first-order chi connectivity index (χ1) is 7.38. The fraction of sp³-hybridized carbons (Fsp3) is 0.400. The minimum absolute atomic E-state index is 0.0781. The minimum Gasteiger partial charge on any atom is -0.460 e. The average molecular weight is 230 g/mol. The molecule has 6 nitrogen and oxygen atoms in total. The van der Waals surface area contributed by atoms with Crippen molar-refractivity contribution >= 4 is 11.9 Å². The normalized spacial score (nSPS) is 13.4. The lowest BCUT2D eigenvalue weighted by Crippen LogP contribution is -2.35. The second-order valence-corrected chi connectivity index (χ2v) is 2.98. The van der Waals surface area contributed by atoms with Crippen molar-refractivity contribution in [3.8, 4) is 0 Å². The number of hydrogen-bond acceptors (Lipinski definition) is 6. The van der Waals surface area contributed by atoms with Gasteiger partial charge in [-0.05, 0) is 6.92 Å². The van der Waals surface area contributed by atoms with Crippen LogP contribution >= 0.6 is 0 Å². The fourth-order valence-corrected chi connectivity index (χ4v) is 0.598. The van der Waals surface area contributed by atoms with Gasteiger partial charge in [0.15, 0.2) is 6.10 Å². The van der Waals surface area contributed by atoms with E-state index >= 15 is 0 Å². The van der Waals surface area contributed by atoms with Crippen molar-refractivity contribution in [1.82, 2.24) is 0 Å². The Kier molecular flexibility index (Phi) is 6.06. The number of carbonyl (C=O) groups is 2. The molecule has 0 aliphatic rings. The molecule has 16 heavy (non-hydrogen) atoms. The Balaban J connectivity index is 4.03. The first-order valence-electron chi connectivity index (χ1n) is 4.40. The molecule has 0 fully saturated rings. The molecule has 0 aromatic heterocycles. The number of aliphatic hydroxyl groups is 2. The first-order valence-corrected chi connectivity index (χ1v) is 4.40. The summed E-state index contributed by atoms with van der Waals surface area (Å²) in [4.78, 5) is 21.5. The van der Waals surface area contributed by atoms with Gasteiger partial charge in [-0.15, -0.1) is 0 Å². The second-order valence-electron chi connectivity index (χ2n) is 2.98. The summed E-state index contributed by atoms with van der Waals surface area (Å²) in [6, 6.07) is 0. The van der Waals surface area contributed by atoms with Gasteiger partial charge in [0.2, 0.25) is 6.29 Å². The molecule has 0 aliphatic heterocycles. The zero-order chi connectivity index (χ0) is 12.7. The molecular weight excluding hydrogens is 216 g/mol. The Hall–Kier alpha value is -1.66. The van der Waals surface area contributed by atoms with Crippen molar-refractivity contribution in [2.24, 2.45) is 0 Å². The van der Waals surface area contributed by atoms with E-state index in [0.717, 1.165) is 6.08 Å². The smallest absolute Gasteiger partial charge is 0.335 e. The van der Waals surface area contributed by atoms with Crippen LogP contribution in [0.25, 0.3) is 0 Å². The lowest BCUT2D eigenvalue weighted by atomic mass is 10.3. The highest BCUT2D eigenvalue weighted by atomic mass is 16.6. The number of hydrogen-bond donors (Lipinski definition) is 2. The van der Waals surface area contributed by atoms with E-state index in [9.17, 15) is 19.8 Å². The quantitative estimate of drug-likeness (QED) is 0.363. The van der Waals surface area contributed by atoms with Crippen molar-refractivity contribution in [3.05, 3.63) is 24.8 Å². The van der Waals surface area contributed by atoms with E-state index in [1.165, 1.54) is 6.92 Å². The average Bonchev–Trinajstić information content (AvgIpc) is 2.24. The number of rotatable bonds is 6. The summed E-state index contributed by atoms with van der Waals surface area (Å²) in [5.41, 5.74) is 0.0781. The van der Waals surface area contributed by atoms with Gasteiger partial charge in [-0.1, -0.05) is 13.2 Å². The molecule has 0 aromatic rings. The summed E-state index contributed by atoms with van der Waals surface area (Å²) >= 11 is 0. The van der Waals surface area contributed by atoms with Gasteiger partial charge < -0.3 is 19.7 Å². The van der Waals surface area contributed by atoms with Gasteiger partial charge in [0.25, 0.3) is 0 Å². The predicted octanol–water partition coefficient (Wildman–Crippen LogP) is -0.486. The van der Waals surface area contributed by atoms with Gasteiger partial charge in [0.05, 0.1) is 0 Å². The minimum atomic E-state index is -1.78. The Morgan fingerprint density at radius 3 is 2.44 bits per heavy atom. The lowest BCUT2D eigenvalue weighted by Gasteiger charge is -2.17. The number of carbonyl (C=O) groups excluding carboxylic acids is 2. The molecule has 0 heterocycles. The maximum Gasteiger partial charge on any atom is 0.335 e. The molecular formula is C10H14O6. The second kappa shape index (κ2) is 6.76.